The topological polar surface area (TPSA) is 50.3 Å². The van der Waals surface area contributed by atoms with E-state index in [1.807, 2.05) is 12.4 Å². The van der Waals surface area contributed by atoms with Gasteiger partial charge in [-0.3, -0.25) is 4.98 Å². The zero-order valence-electron chi connectivity index (χ0n) is 11.2. The van der Waals surface area contributed by atoms with Crippen molar-refractivity contribution in [2.45, 2.75) is 32.4 Å². The van der Waals surface area contributed by atoms with Gasteiger partial charge in [0.15, 0.2) is 0 Å². The molecule has 0 aromatic carbocycles. The maximum Gasteiger partial charge on any atom is 0.147 e. The fourth-order valence-electron chi connectivity index (χ4n) is 1.90. The summed E-state index contributed by atoms with van der Waals surface area (Å²) < 4.78 is 5.15. The summed E-state index contributed by atoms with van der Waals surface area (Å²) in [5.41, 5.74) is 0.989. The first-order valence-corrected chi connectivity index (χ1v) is 6.62. The second-order valence-electron chi connectivity index (χ2n) is 4.56. The molecule has 1 fully saturated rings. The summed E-state index contributed by atoms with van der Waals surface area (Å²) in [4.78, 5) is 11.3. The molecular formula is C13H22N4O. The van der Waals surface area contributed by atoms with E-state index in [-0.39, 0.29) is 0 Å². The van der Waals surface area contributed by atoms with Crippen molar-refractivity contribution in [2.75, 3.05) is 31.7 Å². The Morgan fingerprint density at radius 3 is 2.78 bits per heavy atom. The molecule has 5 heteroatoms. The van der Waals surface area contributed by atoms with Crippen LogP contribution in [0.3, 0.4) is 0 Å². The first-order chi connectivity index (χ1) is 8.85. The van der Waals surface area contributed by atoms with Gasteiger partial charge in [-0.05, 0) is 19.4 Å². The summed E-state index contributed by atoms with van der Waals surface area (Å²) in [5.74, 6) is 0.967. The highest BCUT2D eigenvalue weighted by Gasteiger charge is 2.29. The highest BCUT2D eigenvalue weighted by Crippen LogP contribution is 2.29. The molecule has 0 bridgehead atoms. The van der Waals surface area contributed by atoms with E-state index in [1.165, 1.54) is 12.8 Å². The lowest BCUT2D eigenvalue weighted by atomic mass is 10.4. The standard InChI is InChI=1S/C13H22N4O/c1-3-14-8-11-9-16-13(10-15-11)17(6-7-18-2)12-4-5-12/h9-10,12,14H,3-8H2,1-2H3. The highest BCUT2D eigenvalue weighted by atomic mass is 16.5. The van der Waals surface area contributed by atoms with Crippen molar-refractivity contribution in [2.24, 2.45) is 0 Å². The lowest BCUT2D eigenvalue weighted by Gasteiger charge is -2.22. The Balaban J connectivity index is 1.96. The van der Waals surface area contributed by atoms with Crippen LogP contribution >= 0.6 is 0 Å². The van der Waals surface area contributed by atoms with Crippen LogP contribution in [0.2, 0.25) is 0 Å². The van der Waals surface area contributed by atoms with Crippen LogP contribution in [0.5, 0.6) is 0 Å². The van der Waals surface area contributed by atoms with Gasteiger partial charge in [-0.25, -0.2) is 4.98 Å². The molecule has 18 heavy (non-hydrogen) atoms. The van der Waals surface area contributed by atoms with Crippen molar-refractivity contribution in [1.29, 1.82) is 0 Å². The summed E-state index contributed by atoms with van der Waals surface area (Å²) in [6, 6.07) is 0.633. The Kier molecular flexibility index (Phi) is 4.90. The molecular weight excluding hydrogens is 228 g/mol. The molecule has 1 aromatic heterocycles. The van der Waals surface area contributed by atoms with Crippen LogP contribution in [0.4, 0.5) is 5.82 Å². The Labute approximate surface area is 109 Å². The van der Waals surface area contributed by atoms with Crippen LogP contribution in [-0.2, 0) is 11.3 Å². The number of nitrogens with one attached hydrogen (secondary N) is 1. The Bertz CT molecular complexity index is 351. The van der Waals surface area contributed by atoms with Crippen LogP contribution in [0.25, 0.3) is 0 Å². The van der Waals surface area contributed by atoms with E-state index < -0.39 is 0 Å². The fraction of sp³-hybridized carbons (Fsp3) is 0.692. The molecule has 1 aromatic rings. The number of rotatable bonds is 8. The van der Waals surface area contributed by atoms with Crippen molar-refractivity contribution in [3.8, 4) is 0 Å². The second kappa shape index (κ2) is 6.66. The van der Waals surface area contributed by atoms with Crippen LogP contribution in [0.1, 0.15) is 25.5 Å². The Morgan fingerprint density at radius 2 is 2.22 bits per heavy atom. The van der Waals surface area contributed by atoms with Crippen molar-refractivity contribution in [1.82, 2.24) is 15.3 Å². The van der Waals surface area contributed by atoms with Gasteiger partial charge in [0.2, 0.25) is 0 Å². The molecule has 1 heterocycles. The molecule has 2 rings (SSSR count). The zero-order valence-corrected chi connectivity index (χ0v) is 11.2. The summed E-state index contributed by atoms with van der Waals surface area (Å²) in [5, 5.41) is 3.25. The molecule has 1 N–H and O–H groups in total. The first-order valence-electron chi connectivity index (χ1n) is 6.62. The maximum absolute atomic E-state index is 5.15. The molecule has 0 atom stereocenters. The molecule has 100 valence electrons. The lowest BCUT2D eigenvalue weighted by Crippen LogP contribution is -2.30. The van der Waals surface area contributed by atoms with Gasteiger partial charge in [0, 0.05) is 26.2 Å². The molecule has 0 saturated heterocycles. The minimum Gasteiger partial charge on any atom is -0.383 e. The molecule has 0 spiro atoms. The lowest BCUT2D eigenvalue weighted by molar-refractivity contribution is 0.204. The summed E-state index contributed by atoms with van der Waals surface area (Å²) in [6.07, 6.45) is 6.25. The fourth-order valence-corrected chi connectivity index (χ4v) is 1.90. The number of anilines is 1. The molecule has 1 saturated carbocycles. The van der Waals surface area contributed by atoms with Crippen LogP contribution in [-0.4, -0.2) is 42.8 Å². The third-order valence-corrected chi connectivity index (χ3v) is 3.07. The van der Waals surface area contributed by atoms with Gasteiger partial charge in [-0.2, -0.15) is 0 Å². The van der Waals surface area contributed by atoms with Crippen LogP contribution in [0.15, 0.2) is 12.4 Å². The average Bonchev–Trinajstić information content (AvgIpc) is 3.23. The van der Waals surface area contributed by atoms with E-state index >= 15 is 0 Å². The van der Waals surface area contributed by atoms with E-state index in [2.05, 4.69) is 27.1 Å². The van der Waals surface area contributed by atoms with Gasteiger partial charge >= 0.3 is 0 Å². The van der Waals surface area contributed by atoms with Gasteiger partial charge < -0.3 is 15.0 Å². The van der Waals surface area contributed by atoms with Gasteiger partial charge in [-0.1, -0.05) is 6.92 Å². The number of ether oxygens (including phenoxy) is 1. The number of hydrogen-bond acceptors (Lipinski definition) is 5. The van der Waals surface area contributed by atoms with E-state index in [0.717, 1.165) is 37.8 Å². The Morgan fingerprint density at radius 1 is 1.39 bits per heavy atom. The predicted octanol–water partition coefficient (Wildman–Crippen LogP) is 1.20. The van der Waals surface area contributed by atoms with Gasteiger partial charge in [0.1, 0.15) is 5.82 Å². The van der Waals surface area contributed by atoms with E-state index in [0.29, 0.717) is 6.04 Å². The number of aromatic nitrogens is 2. The van der Waals surface area contributed by atoms with Crippen molar-refractivity contribution >= 4 is 5.82 Å². The molecule has 0 unspecified atom stereocenters. The van der Waals surface area contributed by atoms with Crippen molar-refractivity contribution in [3.63, 3.8) is 0 Å². The smallest absolute Gasteiger partial charge is 0.147 e. The number of nitrogens with zero attached hydrogens (tertiary/aromatic N) is 3. The number of hydrogen-bond donors (Lipinski definition) is 1. The van der Waals surface area contributed by atoms with E-state index in [1.54, 1.807) is 7.11 Å². The minimum atomic E-state index is 0.633. The molecule has 1 aliphatic rings. The first kappa shape index (κ1) is 13.2. The van der Waals surface area contributed by atoms with Crippen molar-refractivity contribution in [3.05, 3.63) is 18.1 Å². The van der Waals surface area contributed by atoms with Crippen molar-refractivity contribution < 1.29 is 4.74 Å². The Hall–Kier alpha value is -1.20. The third-order valence-electron chi connectivity index (χ3n) is 3.07. The average molecular weight is 250 g/mol. The minimum absolute atomic E-state index is 0.633. The highest BCUT2D eigenvalue weighted by molar-refractivity contribution is 5.39. The second-order valence-corrected chi connectivity index (χ2v) is 4.56. The molecule has 5 nitrogen and oxygen atoms in total. The summed E-state index contributed by atoms with van der Waals surface area (Å²) >= 11 is 0. The summed E-state index contributed by atoms with van der Waals surface area (Å²) in [7, 11) is 1.73. The molecule has 1 aliphatic carbocycles. The van der Waals surface area contributed by atoms with Gasteiger partial charge in [0.05, 0.1) is 24.7 Å². The predicted molar refractivity (Wildman–Crippen MR) is 71.7 cm³/mol. The summed E-state index contributed by atoms with van der Waals surface area (Å²) in [6.45, 7) is 5.44. The molecule has 0 amide bonds. The van der Waals surface area contributed by atoms with E-state index in [4.69, 9.17) is 4.74 Å². The van der Waals surface area contributed by atoms with Gasteiger partial charge in [-0.15, -0.1) is 0 Å². The number of methoxy groups -OCH3 is 1. The zero-order chi connectivity index (χ0) is 12.8. The van der Waals surface area contributed by atoms with Crippen LogP contribution < -0.4 is 10.2 Å². The SMILES string of the molecule is CCNCc1cnc(N(CCOC)C2CC2)cn1. The maximum atomic E-state index is 5.15. The van der Waals surface area contributed by atoms with Crippen LogP contribution in [0, 0.1) is 0 Å². The normalized spacial score (nSPS) is 14.8. The van der Waals surface area contributed by atoms with E-state index in [9.17, 15) is 0 Å². The molecule has 0 aliphatic heterocycles. The molecule has 0 radical (unpaired) electrons. The third kappa shape index (κ3) is 3.65. The monoisotopic (exact) mass is 250 g/mol. The quantitative estimate of drug-likeness (QED) is 0.751. The van der Waals surface area contributed by atoms with Gasteiger partial charge in [0.25, 0.3) is 0 Å². The largest absolute Gasteiger partial charge is 0.383 e.